The molecule has 0 aromatic heterocycles. The molecule has 134 valence electrons. The molecule has 0 bridgehead atoms. The van der Waals surface area contributed by atoms with Crippen LogP contribution in [0.1, 0.15) is 44.6 Å². The Morgan fingerprint density at radius 3 is 2.83 bits per heavy atom. The van der Waals surface area contributed by atoms with Gasteiger partial charge >= 0.3 is 0 Å². The Kier molecular flexibility index (Phi) is 7.08. The molecule has 24 heavy (non-hydrogen) atoms. The SMILES string of the molecule is CCc1cccc(NC(=O)CN2CCNCC23CCCCC3)c1.Cl. The molecule has 1 aliphatic heterocycles. The molecule has 1 saturated carbocycles. The highest BCUT2D eigenvalue weighted by atomic mass is 35.5. The second-order valence-corrected chi connectivity index (χ2v) is 6.99. The number of halogens is 1. The van der Waals surface area contributed by atoms with E-state index in [-0.39, 0.29) is 23.9 Å². The van der Waals surface area contributed by atoms with Crippen LogP contribution in [0, 0.1) is 0 Å². The van der Waals surface area contributed by atoms with Crippen molar-refractivity contribution in [3.63, 3.8) is 0 Å². The van der Waals surface area contributed by atoms with E-state index in [1.165, 1.54) is 37.7 Å². The van der Waals surface area contributed by atoms with Gasteiger partial charge in [0.1, 0.15) is 0 Å². The van der Waals surface area contributed by atoms with Crippen molar-refractivity contribution in [1.29, 1.82) is 0 Å². The van der Waals surface area contributed by atoms with Gasteiger partial charge in [-0.1, -0.05) is 38.3 Å². The van der Waals surface area contributed by atoms with E-state index in [2.05, 4.69) is 34.6 Å². The summed E-state index contributed by atoms with van der Waals surface area (Å²) in [6, 6.07) is 8.17. The molecule has 1 aromatic carbocycles. The molecule has 0 radical (unpaired) electrons. The summed E-state index contributed by atoms with van der Waals surface area (Å²) in [4.78, 5) is 15.0. The zero-order chi connectivity index (χ0) is 16.1. The van der Waals surface area contributed by atoms with Crippen LogP contribution in [-0.2, 0) is 11.2 Å². The molecular formula is C19H30ClN3O. The molecule has 1 aromatic rings. The topological polar surface area (TPSA) is 44.4 Å². The average Bonchev–Trinajstić information content (AvgIpc) is 2.58. The number of nitrogens with one attached hydrogen (secondary N) is 2. The van der Waals surface area contributed by atoms with Crippen LogP contribution in [0.15, 0.2) is 24.3 Å². The quantitative estimate of drug-likeness (QED) is 0.875. The van der Waals surface area contributed by atoms with Gasteiger partial charge in [0.15, 0.2) is 0 Å². The first kappa shape index (κ1) is 19.2. The normalized spacial score (nSPS) is 20.4. The summed E-state index contributed by atoms with van der Waals surface area (Å²) in [6.07, 6.45) is 7.35. The van der Waals surface area contributed by atoms with Crippen LogP contribution >= 0.6 is 12.4 Å². The number of hydrogen-bond acceptors (Lipinski definition) is 3. The van der Waals surface area contributed by atoms with Crippen LogP contribution in [0.25, 0.3) is 0 Å². The Hall–Kier alpha value is -1.10. The zero-order valence-electron chi connectivity index (χ0n) is 14.6. The van der Waals surface area contributed by atoms with Crippen molar-refractivity contribution in [3.8, 4) is 0 Å². The number of carbonyl (C=O) groups is 1. The van der Waals surface area contributed by atoms with E-state index >= 15 is 0 Å². The van der Waals surface area contributed by atoms with Crippen molar-refractivity contribution in [2.75, 3.05) is 31.5 Å². The van der Waals surface area contributed by atoms with Crippen LogP contribution in [0.2, 0.25) is 0 Å². The minimum atomic E-state index is 0. The second-order valence-electron chi connectivity index (χ2n) is 6.99. The van der Waals surface area contributed by atoms with Crippen molar-refractivity contribution in [2.45, 2.75) is 51.0 Å². The molecule has 2 fully saturated rings. The van der Waals surface area contributed by atoms with E-state index in [9.17, 15) is 4.79 Å². The van der Waals surface area contributed by atoms with Gasteiger partial charge in [-0.2, -0.15) is 0 Å². The summed E-state index contributed by atoms with van der Waals surface area (Å²) < 4.78 is 0. The van der Waals surface area contributed by atoms with Crippen molar-refractivity contribution < 1.29 is 4.79 Å². The van der Waals surface area contributed by atoms with E-state index in [4.69, 9.17) is 0 Å². The van der Waals surface area contributed by atoms with E-state index in [0.29, 0.717) is 6.54 Å². The van der Waals surface area contributed by atoms with Crippen molar-refractivity contribution in [2.24, 2.45) is 0 Å². The average molecular weight is 352 g/mol. The third kappa shape index (κ3) is 4.50. The van der Waals surface area contributed by atoms with E-state index in [0.717, 1.165) is 31.7 Å². The first-order valence-corrected chi connectivity index (χ1v) is 9.06. The number of rotatable bonds is 4. The highest BCUT2D eigenvalue weighted by molar-refractivity contribution is 5.92. The standard InChI is InChI=1S/C19H29N3O.ClH/c1-2-16-7-6-8-17(13-16)21-18(23)14-22-12-11-20-15-19(22)9-4-3-5-10-19;/h6-8,13,20H,2-5,9-12,14-15H2,1H3,(H,21,23);1H. The van der Waals surface area contributed by atoms with Crippen LogP contribution in [0.4, 0.5) is 5.69 Å². The van der Waals surface area contributed by atoms with Crippen LogP contribution in [-0.4, -0.2) is 42.5 Å². The van der Waals surface area contributed by atoms with Gasteiger partial charge in [0.05, 0.1) is 6.54 Å². The number of aryl methyl sites for hydroxylation is 1. The lowest BCUT2D eigenvalue weighted by Crippen LogP contribution is -2.63. The first-order chi connectivity index (χ1) is 11.2. The van der Waals surface area contributed by atoms with Gasteiger partial charge in [-0.3, -0.25) is 9.69 Å². The van der Waals surface area contributed by atoms with Crippen LogP contribution in [0.5, 0.6) is 0 Å². The van der Waals surface area contributed by atoms with Gasteiger partial charge in [-0.15, -0.1) is 12.4 Å². The van der Waals surface area contributed by atoms with E-state index < -0.39 is 0 Å². The largest absolute Gasteiger partial charge is 0.325 e. The summed E-state index contributed by atoms with van der Waals surface area (Å²) in [5.74, 6) is 0.116. The third-order valence-electron chi connectivity index (χ3n) is 5.42. The fourth-order valence-corrected chi connectivity index (χ4v) is 4.08. The molecule has 0 unspecified atom stereocenters. The van der Waals surface area contributed by atoms with Crippen molar-refractivity contribution in [1.82, 2.24) is 10.2 Å². The molecule has 1 aliphatic carbocycles. The number of carbonyl (C=O) groups excluding carboxylic acids is 1. The number of anilines is 1. The Morgan fingerprint density at radius 1 is 1.29 bits per heavy atom. The number of benzene rings is 1. The number of nitrogens with zero attached hydrogens (tertiary/aromatic N) is 1. The lowest BCUT2D eigenvalue weighted by Gasteiger charge is -2.49. The predicted octanol–water partition coefficient (Wildman–Crippen LogP) is 3.22. The maximum atomic E-state index is 12.5. The lowest BCUT2D eigenvalue weighted by molar-refractivity contribution is -0.120. The zero-order valence-corrected chi connectivity index (χ0v) is 15.5. The third-order valence-corrected chi connectivity index (χ3v) is 5.42. The fourth-order valence-electron chi connectivity index (χ4n) is 4.08. The minimum absolute atomic E-state index is 0. The molecule has 4 nitrogen and oxygen atoms in total. The molecule has 1 amide bonds. The predicted molar refractivity (Wildman–Crippen MR) is 102 cm³/mol. The fraction of sp³-hybridized carbons (Fsp3) is 0.632. The Labute approximate surface area is 151 Å². The minimum Gasteiger partial charge on any atom is -0.325 e. The monoisotopic (exact) mass is 351 g/mol. The van der Waals surface area contributed by atoms with Crippen molar-refractivity contribution >= 4 is 24.0 Å². The summed E-state index contributed by atoms with van der Waals surface area (Å²) in [7, 11) is 0. The highest BCUT2D eigenvalue weighted by Crippen LogP contribution is 2.34. The molecule has 3 rings (SSSR count). The van der Waals surface area contributed by atoms with Crippen LogP contribution < -0.4 is 10.6 Å². The summed E-state index contributed by atoms with van der Waals surface area (Å²) in [5.41, 5.74) is 2.38. The van der Waals surface area contributed by atoms with Gasteiger partial charge in [0.25, 0.3) is 0 Å². The number of hydrogen-bond donors (Lipinski definition) is 2. The van der Waals surface area contributed by atoms with Gasteiger partial charge in [-0.05, 0) is 37.0 Å². The lowest BCUT2D eigenvalue weighted by atomic mass is 9.79. The van der Waals surface area contributed by atoms with Crippen molar-refractivity contribution in [3.05, 3.63) is 29.8 Å². The number of piperazine rings is 1. The Morgan fingerprint density at radius 2 is 2.08 bits per heavy atom. The molecule has 1 saturated heterocycles. The van der Waals surface area contributed by atoms with Crippen LogP contribution in [0.3, 0.4) is 0 Å². The Balaban J connectivity index is 0.00000208. The second kappa shape index (κ2) is 8.84. The van der Waals surface area contributed by atoms with E-state index in [1.807, 2.05) is 12.1 Å². The molecule has 2 aliphatic rings. The summed E-state index contributed by atoms with van der Waals surface area (Å²) in [6.45, 7) is 5.64. The molecule has 1 spiro atoms. The van der Waals surface area contributed by atoms with Gasteiger partial charge in [-0.25, -0.2) is 0 Å². The maximum Gasteiger partial charge on any atom is 0.238 e. The first-order valence-electron chi connectivity index (χ1n) is 9.06. The molecule has 1 heterocycles. The Bertz CT molecular complexity index is 535. The molecular weight excluding hydrogens is 322 g/mol. The smallest absolute Gasteiger partial charge is 0.238 e. The van der Waals surface area contributed by atoms with E-state index in [1.54, 1.807) is 0 Å². The number of amides is 1. The molecule has 2 N–H and O–H groups in total. The van der Waals surface area contributed by atoms with Gasteiger partial charge in [0, 0.05) is 30.9 Å². The highest BCUT2D eigenvalue weighted by Gasteiger charge is 2.40. The molecule has 5 heteroatoms. The summed E-state index contributed by atoms with van der Waals surface area (Å²) in [5, 5.41) is 6.62. The van der Waals surface area contributed by atoms with Gasteiger partial charge in [0.2, 0.25) is 5.91 Å². The molecule has 0 atom stereocenters. The van der Waals surface area contributed by atoms with Gasteiger partial charge < -0.3 is 10.6 Å². The maximum absolute atomic E-state index is 12.5. The summed E-state index contributed by atoms with van der Waals surface area (Å²) >= 11 is 0.